The molecule has 0 heterocycles. The number of benzene rings is 2. The molecule has 0 bridgehead atoms. The average Bonchev–Trinajstić information content (AvgIpc) is 2.37. The van der Waals surface area contributed by atoms with Gasteiger partial charge < -0.3 is 14.9 Å². The molecule has 0 fully saturated rings. The van der Waals surface area contributed by atoms with Gasteiger partial charge in [0.15, 0.2) is 0 Å². The van der Waals surface area contributed by atoms with Crippen molar-refractivity contribution in [2.24, 2.45) is 0 Å². The summed E-state index contributed by atoms with van der Waals surface area (Å²) >= 11 is 5.80. The number of hydrogen-bond acceptors (Lipinski definition) is 4. The molecule has 0 amide bonds. The van der Waals surface area contributed by atoms with E-state index in [-0.39, 0.29) is 28.5 Å². The molecule has 2 aromatic carbocycles. The average molecular weight is 297 g/mol. The van der Waals surface area contributed by atoms with Crippen LogP contribution in [0.5, 0.6) is 11.5 Å². The summed E-state index contributed by atoms with van der Waals surface area (Å²) in [6.45, 7) is -0.356. The summed E-state index contributed by atoms with van der Waals surface area (Å²) in [4.78, 5) is 11.7. The largest absolute Gasteiger partial charge is 0.508 e. The Hall–Kier alpha value is -2.27. The van der Waals surface area contributed by atoms with Crippen molar-refractivity contribution in [3.8, 4) is 11.5 Å². The number of halogens is 2. The minimum absolute atomic E-state index is 0.0563. The van der Waals surface area contributed by atoms with Crippen LogP contribution in [0, 0.1) is 5.82 Å². The molecule has 2 rings (SSSR count). The molecule has 2 aromatic rings. The fraction of sp³-hybridized carbons (Fsp3) is 0.0714. The van der Waals surface area contributed by atoms with Crippen molar-refractivity contribution >= 4 is 17.6 Å². The van der Waals surface area contributed by atoms with E-state index in [9.17, 15) is 14.3 Å². The molecule has 0 aliphatic rings. The van der Waals surface area contributed by atoms with Gasteiger partial charge in [-0.1, -0.05) is 17.7 Å². The van der Waals surface area contributed by atoms with Crippen LogP contribution < -0.4 is 0 Å². The normalized spacial score (nSPS) is 10.3. The zero-order valence-electron chi connectivity index (χ0n) is 10.1. The minimum atomic E-state index is -0.846. The Morgan fingerprint density at radius 1 is 1.25 bits per heavy atom. The van der Waals surface area contributed by atoms with E-state index in [0.717, 1.165) is 6.07 Å². The van der Waals surface area contributed by atoms with Crippen molar-refractivity contribution in [1.29, 1.82) is 0 Å². The third-order valence-electron chi connectivity index (χ3n) is 2.61. The Morgan fingerprint density at radius 3 is 2.65 bits per heavy atom. The molecule has 0 atom stereocenters. The first-order chi connectivity index (χ1) is 9.49. The van der Waals surface area contributed by atoms with Gasteiger partial charge in [-0.2, -0.15) is 0 Å². The van der Waals surface area contributed by atoms with E-state index in [1.54, 1.807) is 0 Å². The third-order valence-corrected chi connectivity index (χ3v) is 2.96. The second-order valence-electron chi connectivity index (χ2n) is 3.98. The van der Waals surface area contributed by atoms with E-state index in [0.29, 0.717) is 0 Å². The van der Waals surface area contributed by atoms with E-state index in [1.807, 2.05) is 0 Å². The summed E-state index contributed by atoms with van der Waals surface area (Å²) < 4.78 is 18.4. The zero-order chi connectivity index (χ0) is 14.7. The summed E-state index contributed by atoms with van der Waals surface area (Å²) in [5, 5.41) is 18.8. The Balaban J connectivity index is 2.13. The van der Waals surface area contributed by atoms with Gasteiger partial charge in [0.2, 0.25) is 0 Å². The molecule has 0 saturated heterocycles. The third kappa shape index (κ3) is 3.00. The molecule has 20 heavy (non-hydrogen) atoms. The molecule has 6 heteroatoms. The Labute approximate surface area is 119 Å². The summed E-state index contributed by atoms with van der Waals surface area (Å²) in [5.41, 5.74) is -0.0731. The van der Waals surface area contributed by atoms with Crippen LogP contribution in [0.4, 0.5) is 4.39 Å². The van der Waals surface area contributed by atoms with Gasteiger partial charge in [0.25, 0.3) is 0 Å². The number of aromatic hydroxyl groups is 2. The maximum atomic E-state index is 13.5. The summed E-state index contributed by atoms with van der Waals surface area (Å²) in [6.07, 6.45) is 0. The second kappa shape index (κ2) is 5.79. The van der Waals surface area contributed by atoms with Crippen molar-refractivity contribution in [1.82, 2.24) is 0 Å². The molecule has 0 aliphatic heterocycles. The number of phenols is 2. The van der Waals surface area contributed by atoms with Crippen LogP contribution in [0.3, 0.4) is 0 Å². The number of carbonyl (C=O) groups is 1. The molecule has 0 unspecified atom stereocenters. The lowest BCUT2D eigenvalue weighted by Gasteiger charge is -2.08. The second-order valence-corrected chi connectivity index (χ2v) is 4.38. The van der Waals surface area contributed by atoms with Crippen LogP contribution >= 0.6 is 11.6 Å². The molecule has 0 radical (unpaired) electrons. The predicted octanol–water partition coefficient (Wildman–Crippen LogP) is 3.25. The maximum Gasteiger partial charge on any atom is 0.342 e. The van der Waals surface area contributed by atoms with Crippen LogP contribution in [0.1, 0.15) is 15.9 Å². The van der Waals surface area contributed by atoms with Crippen molar-refractivity contribution < 1.29 is 24.1 Å². The summed E-state index contributed by atoms with van der Waals surface area (Å²) in [7, 11) is 0. The zero-order valence-corrected chi connectivity index (χ0v) is 10.9. The number of ether oxygens (including phenoxy) is 1. The summed E-state index contributed by atoms with van der Waals surface area (Å²) in [5.74, 6) is -2.03. The summed E-state index contributed by atoms with van der Waals surface area (Å²) in [6, 6.07) is 7.56. The molecular weight excluding hydrogens is 287 g/mol. The molecule has 0 aliphatic carbocycles. The molecule has 0 spiro atoms. The molecule has 4 nitrogen and oxygen atoms in total. The quantitative estimate of drug-likeness (QED) is 0.853. The fourth-order valence-electron chi connectivity index (χ4n) is 1.58. The Bertz CT molecular complexity index is 637. The van der Waals surface area contributed by atoms with Crippen LogP contribution in [0.15, 0.2) is 36.4 Å². The molecule has 2 N–H and O–H groups in total. The Kier molecular flexibility index (Phi) is 4.10. The Morgan fingerprint density at radius 2 is 2.00 bits per heavy atom. The van der Waals surface area contributed by atoms with Crippen molar-refractivity contribution in [3.63, 3.8) is 0 Å². The van der Waals surface area contributed by atoms with Gasteiger partial charge in [-0.15, -0.1) is 0 Å². The highest BCUT2D eigenvalue weighted by Gasteiger charge is 2.15. The van der Waals surface area contributed by atoms with Gasteiger partial charge >= 0.3 is 5.97 Å². The van der Waals surface area contributed by atoms with Crippen LogP contribution in [-0.2, 0) is 11.3 Å². The highest BCUT2D eigenvalue weighted by atomic mass is 35.5. The van der Waals surface area contributed by atoms with Crippen molar-refractivity contribution in [2.75, 3.05) is 0 Å². The van der Waals surface area contributed by atoms with Crippen LogP contribution in [-0.4, -0.2) is 16.2 Å². The molecule has 0 aromatic heterocycles. The first-order valence-electron chi connectivity index (χ1n) is 5.61. The van der Waals surface area contributed by atoms with E-state index >= 15 is 0 Å². The SMILES string of the molecule is O=C(OCc1c(F)cccc1Cl)c1ccc(O)cc1O. The van der Waals surface area contributed by atoms with Gasteiger partial charge in [-0.25, -0.2) is 9.18 Å². The van der Waals surface area contributed by atoms with Gasteiger partial charge in [-0.05, 0) is 24.3 Å². The van der Waals surface area contributed by atoms with Gasteiger partial charge in [0, 0.05) is 11.6 Å². The number of carbonyl (C=O) groups excluding carboxylic acids is 1. The van der Waals surface area contributed by atoms with E-state index in [1.165, 1.54) is 30.3 Å². The van der Waals surface area contributed by atoms with E-state index in [4.69, 9.17) is 21.4 Å². The van der Waals surface area contributed by atoms with E-state index in [2.05, 4.69) is 0 Å². The lowest BCUT2D eigenvalue weighted by molar-refractivity contribution is 0.0466. The lowest BCUT2D eigenvalue weighted by Crippen LogP contribution is -2.07. The van der Waals surface area contributed by atoms with Crippen molar-refractivity contribution in [2.45, 2.75) is 6.61 Å². The predicted molar refractivity (Wildman–Crippen MR) is 70.3 cm³/mol. The molecule has 104 valence electrons. The fourth-order valence-corrected chi connectivity index (χ4v) is 1.80. The first kappa shape index (κ1) is 14.1. The maximum absolute atomic E-state index is 13.5. The number of hydrogen-bond donors (Lipinski definition) is 2. The molecular formula is C14H10ClFO4. The topological polar surface area (TPSA) is 66.8 Å². The highest BCUT2D eigenvalue weighted by molar-refractivity contribution is 6.31. The monoisotopic (exact) mass is 296 g/mol. The standard InChI is InChI=1S/C14H10ClFO4/c15-11-2-1-3-12(16)10(11)7-20-14(19)9-5-4-8(17)6-13(9)18/h1-6,17-18H,7H2. The number of phenolic OH excluding ortho intramolecular Hbond substituents is 2. The van der Waals surface area contributed by atoms with Gasteiger partial charge in [-0.3, -0.25) is 0 Å². The van der Waals surface area contributed by atoms with Crippen LogP contribution in [0.25, 0.3) is 0 Å². The van der Waals surface area contributed by atoms with Gasteiger partial charge in [0.05, 0.1) is 5.02 Å². The van der Waals surface area contributed by atoms with Crippen molar-refractivity contribution in [3.05, 3.63) is 58.4 Å². The minimum Gasteiger partial charge on any atom is -0.508 e. The highest BCUT2D eigenvalue weighted by Crippen LogP contribution is 2.25. The first-order valence-corrected chi connectivity index (χ1v) is 5.99. The van der Waals surface area contributed by atoms with E-state index < -0.39 is 17.5 Å². The lowest BCUT2D eigenvalue weighted by atomic mass is 10.2. The smallest absolute Gasteiger partial charge is 0.342 e. The number of rotatable bonds is 3. The molecule has 0 saturated carbocycles. The number of esters is 1. The van der Waals surface area contributed by atoms with Crippen LogP contribution in [0.2, 0.25) is 5.02 Å². The van der Waals surface area contributed by atoms with Gasteiger partial charge in [0.1, 0.15) is 29.5 Å².